The Balaban J connectivity index is 0.000000298. The van der Waals surface area contributed by atoms with Crippen molar-refractivity contribution in [3.05, 3.63) is 69.1 Å². The molecule has 1 aliphatic rings. The number of fused-ring (bicyclic) bond motifs is 1. The predicted octanol–water partition coefficient (Wildman–Crippen LogP) is 4.23. The summed E-state index contributed by atoms with van der Waals surface area (Å²) in [4.78, 5) is 35.8. The number of hydrogen-bond donors (Lipinski definition) is 1. The number of benzene rings is 1. The molecular weight excluding hydrogens is 511 g/mol. The van der Waals surface area contributed by atoms with E-state index in [2.05, 4.69) is 27.0 Å². The van der Waals surface area contributed by atoms with Gasteiger partial charge in [-0.1, -0.05) is 44.2 Å². The van der Waals surface area contributed by atoms with Crippen LogP contribution in [0.1, 0.15) is 38.7 Å². The summed E-state index contributed by atoms with van der Waals surface area (Å²) in [6, 6.07) is 6.36. The van der Waals surface area contributed by atoms with Crippen molar-refractivity contribution >= 4 is 11.2 Å². The summed E-state index contributed by atoms with van der Waals surface area (Å²) in [6.45, 7) is 7.97. The van der Waals surface area contributed by atoms with Gasteiger partial charge in [-0.25, -0.2) is 9.78 Å². The van der Waals surface area contributed by atoms with Gasteiger partial charge in [-0.05, 0) is 38.8 Å². The van der Waals surface area contributed by atoms with Gasteiger partial charge in [0.1, 0.15) is 11.3 Å². The number of aromatic nitrogens is 6. The summed E-state index contributed by atoms with van der Waals surface area (Å²) >= 11 is 0. The zero-order chi connectivity index (χ0) is 28.2. The molecule has 4 heterocycles. The molecule has 1 aliphatic heterocycles. The molecule has 0 bridgehead atoms. The maximum Gasteiger partial charge on any atom is 0.416 e. The predicted molar refractivity (Wildman–Crippen MR) is 143 cm³/mol. The maximum absolute atomic E-state index is 12.9. The van der Waals surface area contributed by atoms with Crippen molar-refractivity contribution in [1.82, 2.24) is 33.8 Å². The number of halogens is 3. The Hall–Kier alpha value is -3.67. The van der Waals surface area contributed by atoms with Crippen LogP contribution in [0.2, 0.25) is 0 Å². The van der Waals surface area contributed by atoms with E-state index in [1.165, 1.54) is 23.1 Å². The monoisotopic (exact) mass is 545 g/mol. The lowest BCUT2D eigenvalue weighted by atomic mass is 10.1. The molecule has 1 aromatic carbocycles. The van der Waals surface area contributed by atoms with Crippen molar-refractivity contribution in [3.8, 4) is 11.4 Å². The van der Waals surface area contributed by atoms with Crippen LogP contribution in [0.15, 0.2) is 52.3 Å². The van der Waals surface area contributed by atoms with Crippen LogP contribution < -0.4 is 11.2 Å². The quantitative estimate of drug-likeness (QED) is 0.375. The van der Waals surface area contributed by atoms with Crippen LogP contribution in [0.25, 0.3) is 22.6 Å². The number of rotatable bonds is 7. The molecule has 1 atom stereocenters. The lowest BCUT2D eigenvalue weighted by Crippen LogP contribution is -2.40. The van der Waals surface area contributed by atoms with Crippen LogP contribution >= 0.6 is 0 Å². The van der Waals surface area contributed by atoms with E-state index in [0.29, 0.717) is 36.0 Å². The number of aryl methyl sites for hydroxylation is 1. The first-order chi connectivity index (χ1) is 18.6. The molecule has 3 aromatic heterocycles. The minimum absolute atomic E-state index is 0.287. The SMILES string of the molecule is CCCn1c(=O)c2[nH]c(-c3cnn(CC4CCN(C)C4)c3)nc2n(CCC)c1=O.FC(F)(F)c1ccccc1. The fraction of sp³-hybridized carbons (Fsp3) is 0.481. The molecule has 0 amide bonds. The minimum atomic E-state index is -4.21. The molecule has 12 heteroatoms. The van der Waals surface area contributed by atoms with E-state index in [1.54, 1.807) is 16.8 Å². The second-order valence-corrected chi connectivity index (χ2v) is 9.91. The van der Waals surface area contributed by atoms with Gasteiger partial charge in [0.2, 0.25) is 0 Å². The topological polar surface area (TPSA) is 93.7 Å². The Bertz CT molecular complexity index is 1500. The fourth-order valence-corrected chi connectivity index (χ4v) is 4.80. The zero-order valence-corrected chi connectivity index (χ0v) is 22.4. The van der Waals surface area contributed by atoms with Gasteiger partial charge in [-0.3, -0.25) is 18.6 Å². The molecule has 1 unspecified atom stereocenters. The molecule has 210 valence electrons. The highest BCUT2D eigenvalue weighted by Gasteiger charge is 2.29. The Labute approximate surface area is 223 Å². The molecule has 1 N–H and O–H groups in total. The maximum atomic E-state index is 12.9. The number of likely N-dealkylation sites (tertiary alicyclic amines) is 1. The summed E-state index contributed by atoms with van der Waals surface area (Å²) in [5.74, 6) is 1.17. The molecule has 5 rings (SSSR count). The minimum Gasteiger partial charge on any atom is -0.332 e. The molecule has 9 nitrogen and oxygen atoms in total. The van der Waals surface area contributed by atoms with Crippen LogP contribution in [0, 0.1) is 5.92 Å². The second kappa shape index (κ2) is 12.0. The number of nitrogens with one attached hydrogen (secondary N) is 1. The normalized spacial score (nSPS) is 16.0. The van der Waals surface area contributed by atoms with E-state index in [9.17, 15) is 22.8 Å². The Morgan fingerprint density at radius 3 is 2.33 bits per heavy atom. The van der Waals surface area contributed by atoms with Crippen LogP contribution in [0.3, 0.4) is 0 Å². The summed E-state index contributed by atoms with van der Waals surface area (Å²) in [6.07, 6.45) is 2.20. The van der Waals surface area contributed by atoms with Gasteiger partial charge in [0, 0.05) is 32.4 Å². The van der Waals surface area contributed by atoms with Gasteiger partial charge in [0.05, 0.1) is 17.3 Å². The highest BCUT2D eigenvalue weighted by molar-refractivity contribution is 5.75. The van der Waals surface area contributed by atoms with E-state index in [0.717, 1.165) is 50.2 Å². The van der Waals surface area contributed by atoms with Crippen LogP contribution in [-0.4, -0.2) is 53.9 Å². The summed E-state index contributed by atoms with van der Waals surface area (Å²) in [5, 5.41) is 4.48. The first-order valence-electron chi connectivity index (χ1n) is 13.2. The lowest BCUT2D eigenvalue weighted by Gasteiger charge is -2.09. The fourth-order valence-electron chi connectivity index (χ4n) is 4.80. The molecule has 0 spiro atoms. The standard InChI is InChI=1S/C20H29N7O2.C7H5F3/c1-4-7-26-18-16(19(28)27(8-5-2)20(26)29)22-17(23-18)15-10-21-25(13-15)12-14-6-9-24(3)11-14;8-7(9,10)6-4-2-1-3-5-6/h10,13-14H,4-9,11-12H2,1-3H3,(H,22,23);1-5H. The van der Waals surface area contributed by atoms with Gasteiger partial charge in [-0.2, -0.15) is 18.3 Å². The third-order valence-electron chi connectivity index (χ3n) is 6.70. The second-order valence-electron chi connectivity index (χ2n) is 9.91. The number of alkyl halides is 3. The van der Waals surface area contributed by atoms with Gasteiger partial charge >= 0.3 is 11.9 Å². The first-order valence-corrected chi connectivity index (χ1v) is 13.2. The Morgan fingerprint density at radius 1 is 1.05 bits per heavy atom. The average molecular weight is 546 g/mol. The first kappa shape index (κ1) is 28.3. The van der Waals surface area contributed by atoms with Crippen LogP contribution in [0.4, 0.5) is 13.2 Å². The molecule has 1 fully saturated rings. The molecule has 4 aromatic rings. The van der Waals surface area contributed by atoms with Crippen molar-refractivity contribution < 1.29 is 13.2 Å². The molecule has 0 radical (unpaired) electrons. The van der Waals surface area contributed by atoms with E-state index < -0.39 is 11.7 Å². The third-order valence-corrected chi connectivity index (χ3v) is 6.70. The smallest absolute Gasteiger partial charge is 0.332 e. The van der Waals surface area contributed by atoms with Gasteiger partial charge in [0.15, 0.2) is 5.65 Å². The number of H-pyrrole nitrogens is 1. The lowest BCUT2D eigenvalue weighted by molar-refractivity contribution is -0.137. The van der Waals surface area contributed by atoms with Gasteiger partial charge in [0.25, 0.3) is 5.56 Å². The van der Waals surface area contributed by atoms with Gasteiger partial charge < -0.3 is 9.88 Å². The Morgan fingerprint density at radius 2 is 1.74 bits per heavy atom. The molecule has 0 aliphatic carbocycles. The van der Waals surface area contributed by atoms with E-state index in [1.807, 2.05) is 24.7 Å². The largest absolute Gasteiger partial charge is 0.416 e. The van der Waals surface area contributed by atoms with E-state index >= 15 is 0 Å². The van der Waals surface area contributed by atoms with Crippen molar-refractivity contribution in [2.45, 2.75) is 58.9 Å². The number of aromatic amines is 1. The van der Waals surface area contributed by atoms with Crippen molar-refractivity contribution in [1.29, 1.82) is 0 Å². The molecule has 39 heavy (non-hydrogen) atoms. The van der Waals surface area contributed by atoms with E-state index in [-0.39, 0.29) is 11.2 Å². The number of nitrogens with zero attached hydrogens (tertiary/aromatic N) is 6. The number of hydrogen-bond acceptors (Lipinski definition) is 5. The van der Waals surface area contributed by atoms with Crippen molar-refractivity contribution in [2.24, 2.45) is 5.92 Å². The molecular formula is C27H34F3N7O2. The number of imidazole rings is 1. The summed E-state index contributed by atoms with van der Waals surface area (Å²) in [5.41, 5.74) is 0.435. The summed E-state index contributed by atoms with van der Waals surface area (Å²) < 4.78 is 40.2. The van der Waals surface area contributed by atoms with Crippen LogP contribution in [0.5, 0.6) is 0 Å². The summed E-state index contributed by atoms with van der Waals surface area (Å²) in [7, 11) is 2.14. The highest BCUT2D eigenvalue weighted by atomic mass is 19.4. The highest BCUT2D eigenvalue weighted by Crippen LogP contribution is 2.28. The van der Waals surface area contributed by atoms with Crippen molar-refractivity contribution in [3.63, 3.8) is 0 Å². The van der Waals surface area contributed by atoms with Crippen molar-refractivity contribution in [2.75, 3.05) is 20.1 Å². The van der Waals surface area contributed by atoms with Crippen LogP contribution in [-0.2, 0) is 25.8 Å². The zero-order valence-electron chi connectivity index (χ0n) is 22.4. The average Bonchev–Trinajstić information content (AvgIpc) is 3.65. The molecule has 0 saturated carbocycles. The van der Waals surface area contributed by atoms with E-state index in [4.69, 9.17) is 0 Å². The third kappa shape index (κ3) is 6.49. The Kier molecular flexibility index (Phi) is 8.73. The van der Waals surface area contributed by atoms with Gasteiger partial charge in [-0.15, -0.1) is 0 Å². The molecule has 1 saturated heterocycles.